The molecule has 2 saturated heterocycles. The molecule has 11 heteroatoms. The molecule has 2 aromatic rings. The number of aromatic nitrogens is 2. The molecule has 2 atom stereocenters. The molecule has 1 spiro atoms. The Labute approximate surface area is 197 Å². The fourth-order valence-corrected chi connectivity index (χ4v) is 6.02. The third-order valence-electron chi connectivity index (χ3n) is 5.88. The molecule has 4 rings (SSSR count). The lowest BCUT2D eigenvalue weighted by Crippen LogP contribution is -2.50. The minimum atomic E-state index is -0.241. The molecule has 2 fully saturated rings. The van der Waals surface area contributed by atoms with Crippen LogP contribution in [0.3, 0.4) is 0 Å². The number of nitrogens with zero attached hydrogens (tertiary/aromatic N) is 3. The summed E-state index contributed by atoms with van der Waals surface area (Å²) in [6.45, 7) is 1.95. The van der Waals surface area contributed by atoms with Gasteiger partial charge in [0.25, 0.3) is 0 Å². The van der Waals surface area contributed by atoms with Crippen LogP contribution in [-0.2, 0) is 11.3 Å². The van der Waals surface area contributed by atoms with Gasteiger partial charge in [0.05, 0.1) is 29.6 Å². The zero-order valence-electron chi connectivity index (χ0n) is 16.1. The highest BCUT2D eigenvalue weighted by Crippen LogP contribution is 2.45. The van der Waals surface area contributed by atoms with Gasteiger partial charge in [0.2, 0.25) is 0 Å². The number of piperidine rings is 1. The predicted octanol–water partition coefficient (Wildman–Crippen LogP) is 2.77. The molecule has 2 aromatic heterocycles. The molecular formula is C19H23ClIN5O3S. The van der Waals surface area contributed by atoms with Gasteiger partial charge >= 0.3 is 0 Å². The monoisotopic (exact) mass is 563 g/mol. The van der Waals surface area contributed by atoms with E-state index in [1.54, 1.807) is 18.3 Å². The number of halogens is 2. The maximum Gasteiger partial charge on any atom is 0.150 e. The molecule has 0 radical (unpaired) electrons. The smallest absolute Gasteiger partial charge is 0.150 e. The Morgan fingerprint density at radius 1 is 1.40 bits per heavy atom. The topological polar surface area (TPSA) is 131 Å². The van der Waals surface area contributed by atoms with Gasteiger partial charge in [-0.05, 0) is 41.5 Å². The van der Waals surface area contributed by atoms with E-state index in [1.807, 2.05) is 0 Å². The van der Waals surface area contributed by atoms with Crippen molar-refractivity contribution < 1.29 is 14.9 Å². The van der Waals surface area contributed by atoms with E-state index in [9.17, 15) is 10.2 Å². The Kier molecular flexibility index (Phi) is 6.52. The Balaban J connectivity index is 1.55. The Hall–Kier alpha value is -1.05. The van der Waals surface area contributed by atoms with Gasteiger partial charge in [-0.3, -0.25) is 0 Å². The van der Waals surface area contributed by atoms with Crippen LogP contribution in [0.4, 0.5) is 11.5 Å². The Morgan fingerprint density at radius 2 is 2.13 bits per heavy atom. The molecule has 4 heterocycles. The van der Waals surface area contributed by atoms with E-state index in [2.05, 4.69) is 37.5 Å². The number of nitrogens with two attached hydrogens (primary N) is 2. The van der Waals surface area contributed by atoms with Crippen molar-refractivity contribution in [1.82, 2.24) is 9.97 Å². The predicted molar refractivity (Wildman–Crippen MR) is 125 cm³/mol. The summed E-state index contributed by atoms with van der Waals surface area (Å²) in [5.41, 5.74) is 13.4. The summed E-state index contributed by atoms with van der Waals surface area (Å²) >= 11 is 9.65. The van der Waals surface area contributed by atoms with Crippen molar-refractivity contribution in [3.05, 3.63) is 29.0 Å². The fourth-order valence-electron chi connectivity index (χ4n) is 4.00. The van der Waals surface area contributed by atoms with Crippen molar-refractivity contribution in [2.24, 2.45) is 11.1 Å². The molecule has 2 aliphatic heterocycles. The van der Waals surface area contributed by atoms with Crippen molar-refractivity contribution in [2.75, 3.05) is 30.3 Å². The minimum Gasteiger partial charge on any atom is -0.505 e. The third kappa shape index (κ3) is 4.05. The maximum atomic E-state index is 10.6. The highest BCUT2D eigenvalue weighted by atomic mass is 127. The zero-order valence-corrected chi connectivity index (χ0v) is 19.8. The summed E-state index contributed by atoms with van der Waals surface area (Å²) in [4.78, 5) is 11.2. The average Bonchev–Trinajstić information content (AvgIpc) is 3.01. The van der Waals surface area contributed by atoms with E-state index in [-0.39, 0.29) is 33.7 Å². The number of aromatic hydroxyl groups is 1. The first-order valence-electron chi connectivity index (χ1n) is 9.52. The molecule has 0 saturated carbocycles. The Bertz CT molecular complexity index is 945. The number of hydrogen-bond donors (Lipinski definition) is 4. The third-order valence-corrected chi connectivity index (χ3v) is 8.58. The molecule has 2 aliphatic rings. The molecule has 6 N–H and O–H groups in total. The van der Waals surface area contributed by atoms with E-state index in [1.165, 1.54) is 11.8 Å². The van der Waals surface area contributed by atoms with E-state index >= 15 is 0 Å². The standard InChI is InChI=1S/C19H23ClIN5O3S/c20-14-13(1-4-24-17(14)23)30-18-12(28)7-11(10(8-27)25-18)26-5-2-19(3-6-26)9-29-16(21)15(19)22/h1,4,7,15-16,27-28H,2-3,5-6,8-9,22H2,(H2,23,24)/t15-,16-/m1/s1. The minimum absolute atomic E-state index is 0.00890. The van der Waals surface area contributed by atoms with Crippen LogP contribution in [0, 0.1) is 5.41 Å². The first-order chi connectivity index (χ1) is 14.3. The molecule has 0 aromatic carbocycles. The largest absolute Gasteiger partial charge is 0.505 e. The van der Waals surface area contributed by atoms with Gasteiger partial charge in [-0.25, -0.2) is 9.97 Å². The molecule has 30 heavy (non-hydrogen) atoms. The average molecular weight is 564 g/mol. The van der Waals surface area contributed by atoms with Gasteiger partial charge in [-0.15, -0.1) is 0 Å². The summed E-state index contributed by atoms with van der Waals surface area (Å²) in [5, 5.41) is 21.2. The lowest BCUT2D eigenvalue weighted by Gasteiger charge is -2.42. The second kappa shape index (κ2) is 8.83. The first kappa shape index (κ1) is 22.2. The molecule has 8 nitrogen and oxygen atoms in total. The SMILES string of the molecule is Nc1nccc(Sc2nc(CO)c(N3CCC4(CC3)CO[C@@H](I)[C@H]4N)cc2O)c1Cl. The summed E-state index contributed by atoms with van der Waals surface area (Å²) in [5.74, 6) is 0.234. The molecule has 0 bridgehead atoms. The maximum absolute atomic E-state index is 10.6. The van der Waals surface area contributed by atoms with Gasteiger partial charge in [-0.1, -0.05) is 23.4 Å². The normalized spacial score (nSPS) is 23.3. The fraction of sp³-hybridized carbons (Fsp3) is 0.474. The lowest BCUT2D eigenvalue weighted by molar-refractivity contribution is 0.127. The van der Waals surface area contributed by atoms with E-state index < -0.39 is 0 Å². The van der Waals surface area contributed by atoms with E-state index in [0.29, 0.717) is 27.2 Å². The Morgan fingerprint density at radius 3 is 2.77 bits per heavy atom. The van der Waals surface area contributed by atoms with Crippen molar-refractivity contribution in [1.29, 1.82) is 0 Å². The quantitative estimate of drug-likeness (QED) is 0.328. The molecule has 0 amide bonds. The van der Waals surface area contributed by atoms with Crippen LogP contribution in [0.1, 0.15) is 18.5 Å². The van der Waals surface area contributed by atoms with Crippen molar-refractivity contribution in [2.45, 2.75) is 39.5 Å². The van der Waals surface area contributed by atoms with Crippen molar-refractivity contribution in [3.63, 3.8) is 0 Å². The molecule has 0 aliphatic carbocycles. The number of hydrogen-bond acceptors (Lipinski definition) is 9. The van der Waals surface area contributed by atoms with E-state index in [4.69, 9.17) is 27.8 Å². The van der Waals surface area contributed by atoms with E-state index in [0.717, 1.165) is 31.6 Å². The lowest BCUT2D eigenvalue weighted by atomic mass is 9.75. The second-order valence-corrected chi connectivity index (χ2v) is 10.2. The summed E-state index contributed by atoms with van der Waals surface area (Å²) in [6.07, 6.45) is 3.33. The summed E-state index contributed by atoms with van der Waals surface area (Å²) < 4.78 is 5.82. The van der Waals surface area contributed by atoms with Crippen LogP contribution in [0.2, 0.25) is 5.02 Å². The van der Waals surface area contributed by atoms with Crippen LogP contribution in [0.25, 0.3) is 0 Å². The first-order valence-corrected chi connectivity index (χ1v) is 12.0. The highest BCUT2D eigenvalue weighted by Gasteiger charge is 2.48. The van der Waals surface area contributed by atoms with Crippen molar-refractivity contribution in [3.8, 4) is 5.75 Å². The van der Waals surface area contributed by atoms with Crippen LogP contribution in [0.15, 0.2) is 28.3 Å². The molecule has 162 valence electrons. The van der Waals surface area contributed by atoms with Gasteiger partial charge in [0.1, 0.15) is 20.7 Å². The molecular weight excluding hydrogens is 541 g/mol. The number of alkyl halides is 1. The second-order valence-electron chi connectivity index (χ2n) is 7.58. The highest BCUT2D eigenvalue weighted by molar-refractivity contribution is 14.1. The number of nitrogen functional groups attached to an aromatic ring is 1. The van der Waals surface area contributed by atoms with Gasteiger partial charge in [-0.2, -0.15) is 0 Å². The number of aliphatic hydroxyl groups excluding tert-OH is 1. The number of anilines is 2. The number of pyridine rings is 2. The van der Waals surface area contributed by atoms with Gasteiger partial charge in [0.15, 0.2) is 0 Å². The zero-order chi connectivity index (χ0) is 21.5. The number of rotatable bonds is 4. The van der Waals surface area contributed by atoms with Crippen LogP contribution < -0.4 is 16.4 Å². The summed E-state index contributed by atoms with van der Waals surface area (Å²) in [6, 6.07) is 3.37. The van der Waals surface area contributed by atoms with Crippen LogP contribution >= 0.6 is 46.0 Å². The molecule has 0 unspecified atom stereocenters. The van der Waals surface area contributed by atoms with Gasteiger partial charge < -0.3 is 31.3 Å². The van der Waals surface area contributed by atoms with Crippen LogP contribution in [-0.4, -0.2) is 50.0 Å². The number of aliphatic hydroxyl groups is 1. The number of ether oxygens (including phenoxy) is 1. The van der Waals surface area contributed by atoms with Crippen LogP contribution in [0.5, 0.6) is 5.75 Å². The van der Waals surface area contributed by atoms with Gasteiger partial charge in [0, 0.05) is 41.7 Å². The summed E-state index contributed by atoms with van der Waals surface area (Å²) in [7, 11) is 0. The van der Waals surface area contributed by atoms with Crippen molar-refractivity contribution >= 4 is 57.5 Å².